The fourth-order valence-electron chi connectivity index (χ4n) is 1.44. The number of halogens is 1. The fourth-order valence-corrected chi connectivity index (χ4v) is 1.44. The predicted molar refractivity (Wildman–Crippen MR) is 52.5 cm³/mol. The summed E-state index contributed by atoms with van der Waals surface area (Å²) in [5.74, 6) is -0.268. The molecule has 14 heavy (non-hydrogen) atoms. The van der Waals surface area contributed by atoms with E-state index in [2.05, 4.69) is 0 Å². The smallest absolute Gasteiger partial charge is 0.123 e. The lowest BCUT2D eigenvalue weighted by molar-refractivity contribution is 0.237. The molecule has 2 nitrogen and oxygen atoms in total. The van der Waals surface area contributed by atoms with E-state index in [1.165, 1.54) is 12.1 Å². The zero-order valence-corrected chi connectivity index (χ0v) is 7.99. The van der Waals surface area contributed by atoms with Gasteiger partial charge in [0.05, 0.1) is 0 Å². The van der Waals surface area contributed by atoms with Gasteiger partial charge in [-0.3, -0.25) is 0 Å². The normalized spacial score (nSPS) is 12.8. The van der Waals surface area contributed by atoms with Crippen LogP contribution in [-0.2, 0) is 0 Å². The van der Waals surface area contributed by atoms with E-state index in [9.17, 15) is 4.39 Å². The maximum absolute atomic E-state index is 12.6. The zero-order chi connectivity index (χ0) is 10.4. The number of hydrogen-bond acceptors (Lipinski definition) is 2. The second-order valence-corrected chi connectivity index (χ2v) is 3.30. The molecule has 0 aliphatic rings. The molecule has 1 atom stereocenters. The van der Waals surface area contributed by atoms with Gasteiger partial charge in [-0.25, -0.2) is 4.39 Å². The molecule has 0 fully saturated rings. The molecule has 0 amide bonds. The summed E-state index contributed by atoms with van der Waals surface area (Å²) in [6.07, 6.45) is 1.38. The Kier molecular flexibility index (Phi) is 4.56. The molecule has 1 aromatic rings. The van der Waals surface area contributed by atoms with Gasteiger partial charge in [0.2, 0.25) is 0 Å². The second kappa shape index (κ2) is 5.73. The highest BCUT2D eigenvalue weighted by atomic mass is 19.1. The summed E-state index contributed by atoms with van der Waals surface area (Å²) in [7, 11) is 0. The molecule has 0 unspecified atom stereocenters. The van der Waals surface area contributed by atoms with E-state index in [4.69, 9.17) is 10.2 Å². The third-order valence-corrected chi connectivity index (χ3v) is 2.27. The molecular formula is C11H15FO2. The molecule has 0 aromatic heterocycles. The number of rotatable bonds is 5. The molecule has 1 aromatic carbocycles. The van der Waals surface area contributed by atoms with E-state index >= 15 is 0 Å². The molecule has 78 valence electrons. The van der Waals surface area contributed by atoms with Gasteiger partial charge in [0.1, 0.15) is 5.82 Å². The standard InChI is InChI=1S/C11H15FO2/c12-11-5-3-9(4-6-11)10(8-14)2-1-7-13/h3-6,10,13-14H,1-2,7-8H2/t10-/m0/s1. The van der Waals surface area contributed by atoms with Crippen molar-refractivity contribution in [3.8, 4) is 0 Å². The van der Waals surface area contributed by atoms with Crippen molar-refractivity contribution in [1.29, 1.82) is 0 Å². The lowest BCUT2D eigenvalue weighted by Crippen LogP contribution is -2.05. The molecule has 0 bridgehead atoms. The first-order valence-corrected chi connectivity index (χ1v) is 4.75. The van der Waals surface area contributed by atoms with Crippen molar-refractivity contribution in [3.63, 3.8) is 0 Å². The van der Waals surface area contributed by atoms with Crippen molar-refractivity contribution in [2.45, 2.75) is 18.8 Å². The molecule has 0 saturated heterocycles. The monoisotopic (exact) mass is 198 g/mol. The van der Waals surface area contributed by atoms with Crippen molar-refractivity contribution in [1.82, 2.24) is 0 Å². The van der Waals surface area contributed by atoms with E-state index in [1.54, 1.807) is 12.1 Å². The van der Waals surface area contributed by atoms with Gasteiger partial charge in [0, 0.05) is 19.1 Å². The minimum absolute atomic E-state index is 0.00255. The van der Waals surface area contributed by atoms with Crippen LogP contribution in [0, 0.1) is 5.82 Å². The molecule has 0 aliphatic carbocycles. The van der Waals surface area contributed by atoms with Crippen molar-refractivity contribution in [3.05, 3.63) is 35.6 Å². The Morgan fingerprint density at radius 1 is 1.14 bits per heavy atom. The first kappa shape index (κ1) is 11.1. The highest BCUT2D eigenvalue weighted by Crippen LogP contribution is 2.20. The van der Waals surface area contributed by atoms with Gasteiger partial charge in [-0.1, -0.05) is 12.1 Å². The molecule has 1 rings (SSSR count). The summed E-state index contributed by atoms with van der Waals surface area (Å²) < 4.78 is 12.6. The molecule has 3 heteroatoms. The van der Waals surface area contributed by atoms with Gasteiger partial charge in [-0.2, -0.15) is 0 Å². The van der Waals surface area contributed by atoms with Gasteiger partial charge < -0.3 is 10.2 Å². The molecule has 0 saturated carbocycles. The van der Waals surface area contributed by atoms with Crippen molar-refractivity contribution in [2.24, 2.45) is 0 Å². The Bertz CT molecular complexity index is 258. The maximum atomic E-state index is 12.6. The van der Waals surface area contributed by atoms with Crippen LogP contribution in [0.2, 0.25) is 0 Å². The van der Waals surface area contributed by atoms with Crippen LogP contribution in [0.1, 0.15) is 24.3 Å². The minimum atomic E-state index is -0.271. The lowest BCUT2D eigenvalue weighted by Gasteiger charge is -2.13. The average Bonchev–Trinajstić information content (AvgIpc) is 2.21. The molecule has 0 spiro atoms. The molecule has 0 aliphatic heterocycles. The minimum Gasteiger partial charge on any atom is -0.396 e. The highest BCUT2D eigenvalue weighted by molar-refractivity contribution is 5.20. The SMILES string of the molecule is OCCC[C@@H](CO)c1ccc(F)cc1. The summed E-state index contributed by atoms with van der Waals surface area (Å²) in [6.45, 7) is 0.156. The van der Waals surface area contributed by atoms with Crippen LogP contribution in [0.4, 0.5) is 4.39 Å². The Hall–Kier alpha value is -0.930. The van der Waals surface area contributed by atoms with Crippen LogP contribution in [0.15, 0.2) is 24.3 Å². The second-order valence-electron chi connectivity index (χ2n) is 3.30. The van der Waals surface area contributed by atoms with Gasteiger partial charge >= 0.3 is 0 Å². The van der Waals surface area contributed by atoms with Crippen LogP contribution in [0.25, 0.3) is 0 Å². The molecule has 0 heterocycles. The number of hydrogen-bond donors (Lipinski definition) is 2. The Balaban J connectivity index is 2.64. The first-order chi connectivity index (χ1) is 6.77. The van der Waals surface area contributed by atoms with Crippen LogP contribution in [-0.4, -0.2) is 23.4 Å². The largest absolute Gasteiger partial charge is 0.396 e. The van der Waals surface area contributed by atoms with Gasteiger partial charge in [-0.15, -0.1) is 0 Å². The van der Waals surface area contributed by atoms with Gasteiger partial charge in [0.15, 0.2) is 0 Å². The van der Waals surface area contributed by atoms with Crippen molar-refractivity contribution >= 4 is 0 Å². The first-order valence-electron chi connectivity index (χ1n) is 4.75. The van der Waals surface area contributed by atoms with Crippen LogP contribution in [0.5, 0.6) is 0 Å². The topological polar surface area (TPSA) is 40.5 Å². The fraction of sp³-hybridized carbons (Fsp3) is 0.455. The third-order valence-electron chi connectivity index (χ3n) is 2.27. The summed E-state index contributed by atoms with van der Waals surface area (Å²) in [4.78, 5) is 0. The Morgan fingerprint density at radius 2 is 1.79 bits per heavy atom. The maximum Gasteiger partial charge on any atom is 0.123 e. The summed E-state index contributed by atoms with van der Waals surface area (Å²) in [5, 5.41) is 17.8. The van der Waals surface area contributed by atoms with Gasteiger partial charge in [-0.05, 0) is 30.5 Å². The summed E-state index contributed by atoms with van der Waals surface area (Å²) in [5.41, 5.74) is 0.919. The van der Waals surface area contributed by atoms with E-state index in [0.29, 0.717) is 6.42 Å². The Labute approximate surface area is 83.0 Å². The predicted octanol–water partition coefficient (Wildman–Crippen LogP) is 1.67. The molecular weight excluding hydrogens is 183 g/mol. The summed E-state index contributed by atoms with van der Waals surface area (Å²) >= 11 is 0. The molecule has 0 radical (unpaired) electrons. The number of benzene rings is 1. The van der Waals surface area contributed by atoms with Crippen molar-refractivity contribution in [2.75, 3.05) is 13.2 Å². The Morgan fingerprint density at radius 3 is 2.29 bits per heavy atom. The van der Waals surface area contributed by atoms with E-state index in [0.717, 1.165) is 12.0 Å². The number of aliphatic hydroxyl groups is 2. The highest BCUT2D eigenvalue weighted by Gasteiger charge is 2.09. The van der Waals surface area contributed by atoms with E-state index in [-0.39, 0.29) is 24.9 Å². The van der Waals surface area contributed by atoms with E-state index in [1.807, 2.05) is 0 Å². The van der Waals surface area contributed by atoms with E-state index < -0.39 is 0 Å². The quantitative estimate of drug-likeness (QED) is 0.755. The summed E-state index contributed by atoms with van der Waals surface area (Å²) in [6, 6.07) is 6.12. The zero-order valence-electron chi connectivity index (χ0n) is 7.99. The molecule has 2 N–H and O–H groups in total. The van der Waals surface area contributed by atoms with Crippen molar-refractivity contribution < 1.29 is 14.6 Å². The third kappa shape index (κ3) is 3.09. The van der Waals surface area contributed by atoms with Crippen LogP contribution < -0.4 is 0 Å². The van der Waals surface area contributed by atoms with Gasteiger partial charge in [0.25, 0.3) is 0 Å². The van der Waals surface area contributed by atoms with Crippen LogP contribution in [0.3, 0.4) is 0 Å². The lowest BCUT2D eigenvalue weighted by atomic mass is 9.95. The van der Waals surface area contributed by atoms with Crippen LogP contribution >= 0.6 is 0 Å². The average molecular weight is 198 g/mol. The number of aliphatic hydroxyl groups excluding tert-OH is 2.